The summed E-state index contributed by atoms with van der Waals surface area (Å²) in [6.45, 7) is 2.52. The Morgan fingerprint density at radius 1 is 1.00 bits per heavy atom. The van der Waals surface area contributed by atoms with Gasteiger partial charge in [-0.05, 0) is 53.1 Å². The number of hydrogen-bond donors (Lipinski definition) is 2. The van der Waals surface area contributed by atoms with Crippen molar-refractivity contribution in [2.24, 2.45) is 0 Å². The predicted molar refractivity (Wildman–Crippen MR) is 144 cm³/mol. The third-order valence-corrected chi connectivity index (χ3v) is 6.55. The molecule has 192 valence electrons. The number of amides is 3. The number of rotatable bonds is 8. The van der Waals surface area contributed by atoms with Crippen LogP contribution in [-0.4, -0.2) is 31.0 Å². The van der Waals surface area contributed by atoms with E-state index >= 15 is 0 Å². The molecule has 1 atom stereocenters. The van der Waals surface area contributed by atoms with Crippen molar-refractivity contribution in [2.45, 2.75) is 51.8 Å². The number of aryl methyl sites for hydroxylation is 1. The summed E-state index contributed by atoms with van der Waals surface area (Å²) in [5.74, 6) is -0.176. The van der Waals surface area contributed by atoms with Crippen LogP contribution in [0, 0.1) is 0 Å². The number of benzene rings is 3. The molecule has 1 aliphatic rings. The van der Waals surface area contributed by atoms with Crippen LogP contribution in [0.15, 0.2) is 72.8 Å². The lowest BCUT2D eigenvalue weighted by atomic mass is 9.99. The molecular weight excluding hydrogens is 466 g/mol. The van der Waals surface area contributed by atoms with Gasteiger partial charge >= 0.3 is 6.09 Å². The third kappa shape index (κ3) is 6.36. The molecule has 3 aromatic carbocycles. The summed E-state index contributed by atoms with van der Waals surface area (Å²) in [6.07, 6.45) is 1.98. The Labute approximate surface area is 217 Å². The van der Waals surface area contributed by atoms with Crippen molar-refractivity contribution in [3.8, 4) is 11.1 Å². The van der Waals surface area contributed by atoms with Gasteiger partial charge in [0.1, 0.15) is 12.6 Å². The minimum absolute atomic E-state index is 0.0878. The van der Waals surface area contributed by atoms with Gasteiger partial charge < -0.3 is 20.3 Å². The van der Waals surface area contributed by atoms with Crippen molar-refractivity contribution in [3.63, 3.8) is 0 Å². The zero-order valence-electron chi connectivity index (χ0n) is 21.3. The van der Waals surface area contributed by atoms with Crippen LogP contribution in [-0.2, 0) is 33.9 Å². The van der Waals surface area contributed by atoms with Crippen LogP contribution in [0.25, 0.3) is 11.1 Å². The van der Waals surface area contributed by atoms with E-state index in [-0.39, 0.29) is 18.4 Å². The lowest BCUT2D eigenvalue weighted by Gasteiger charge is -2.26. The van der Waals surface area contributed by atoms with E-state index in [2.05, 4.69) is 10.6 Å². The van der Waals surface area contributed by atoms with Crippen molar-refractivity contribution in [1.29, 1.82) is 0 Å². The first-order valence-electron chi connectivity index (χ1n) is 12.7. The standard InChI is InChI=1S/C30H33N3O4/c1-3-8-28(34)32-26-18-17-23-9-5-7-12-27(23)33(29(26)35)19-21-13-15-22(16-14-21)25-11-6-4-10-24(25)20-37-30(36)31-2/h4-7,9-16,26H,3,8,17-20H2,1-2H3,(H,31,36)(H,32,34)/t26-/m1/s1. The molecule has 0 spiro atoms. The summed E-state index contributed by atoms with van der Waals surface area (Å²) < 4.78 is 5.25. The van der Waals surface area contributed by atoms with Crippen LogP contribution >= 0.6 is 0 Å². The molecule has 0 saturated carbocycles. The van der Waals surface area contributed by atoms with Gasteiger partial charge in [0.05, 0.1) is 6.54 Å². The fourth-order valence-corrected chi connectivity index (χ4v) is 4.62. The van der Waals surface area contributed by atoms with E-state index in [1.165, 1.54) is 7.05 Å². The van der Waals surface area contributed by atoms with Gasteiger partial charge in [0.15, 0.2) is 0 Å². The first-order valence-corrected chi connectivity index (χ1v) is 12.7. The average Bonchev–Trinajstić information content (AvgIpc) is 3.05. The van der Waals surface area contributed by atoms with Crippen LogP contribution in [0.3, 0.4) is 0 Å². The van der Waals surface area contributed by atoms with Crippen LogP contribution in [0.5, 0.6) is 0 Å². The molecular formula is C30H33N3O4. The molecule has 1 heterocycles. The van der Waals surface area contributed by atoms with E-state index < -0.39 is 12.1 Å². The monoisotopic (exact) mass is 499 g/mol. The molecule has 4 rings (SSSR count). The third-order valence-electron chi connectivity index (χ3n) is 6.55. The number of alkyl carbamates (subject to hydrolysis) is 1. The van der Waals surface area contributed by atoms with Gasteiger partial charge in [0.2, 0.25) is 11.8 Å². The minimum atomic E-state index is -0.544. The van der Waals surface area contributed by atoms with Crippen molar-refractivity contribution in [1.82, 2.24) is 10.6 Å². The molecule has 2 N–H and O–H groups in total. The van der Waals surface area contributed by atoms with Crippen molar-refractivity contribution < 1.29 is 19.1 Å². The highest BCUT2D eigenvalue weighted by molar-refractivity contribution is 6.00. The number of para-hydroxylation sites is 1. The highest BCUT2D eigenvalue weighted by atomic mass is 16.5. The topological polar surface area (TPSA) is 87.7 Å². The molecule has 7 heteroatoms. The second-order valence-electron chi connectivity index (χ2n) is 9.14. The largest absolute Gasteiger partial charge is 0.445 e. The molecule has 7 nitrogen and oxygen atoms in total. The fourth-order valence-electron chi connectivity index (χ4n) is 4.62. The fraction of sp³-hybridized carbons (Fsp3) is 0.300. The lowest BCUT2D eigenvalue weighted by molar-refractivity contribution is -0.127. The Kier molecular flexibility index (Phi) is 8.56. The molecule has 1 aliphatic heterocycles. The summed E-state index contributed by atoms with van der Waals surface area (Å²) in [7, 11) is 1.53. The Bertz CT molecular complexity index is 1260. The second kappa shape index (κ2) is 12.2. The van der Waals surface area contributed by atoms with E-state index in [9.17, 15) is 14.4 Å². The first-order chi connectivity index (χ1) is 18.0. The Balaban J connectivity index is 1.56. The lowest BCUT2D eigenvalue weighted by Crippen LogP contribution is -2.47. The molecule has 0 fully saturated rings. The van der Waals surface area contributed by atoms with Crippen molar-refractivity contribution in [2.75, 3.05) is 11.9 Å². The van der Waals surface area contributed by atoms with Gasteiger partial charge in [-0.25, -0.2) is 4.79 Å². The van der Waals surface area contributed by atoms with Crippen LogP contribution in [0.2, 0.25) is 0 Å². The van der Waals surface area contributed by atoms with Crippen molar-refractivity contribution in [3.05, 3.63) is 89.5 Å². The van der Waals surface area contributed by atoms with Crippen LogP contribution in [0.1, 0.15) is 42.9 Å². The van der Waals surface area contributed by atoms with E-state index in [0.29, 0.717) is 19.4 Å². The smallest absolute Gasteiger partial charge is 0.407 e. The molecule has 0 unspecified atom stereocenters. The molecule has 0 bridgehead atoms. The Morgan fingerprint density at radius 2 is 1.73 bits per heavy atom. The van der Waals surface area contributed by atoms with Gasteiger partial charge in [-0.15, -0.1) is 0 Å². The molecule has 0 aromatic heterocycles. The quantitative estimate of drug-likeness (QED) is 0.458. The maximum absolute atomic E-state index is 13.6. The zero-order valence-corrected chi connectivity index (χ0v) is 21.3. The number of ether oxygens (including phenoxy) is 1. The minimum Gasteiger partial charge on any atom is -0.445 e. The normalized spacial score (nSPS) is 14.9. The number of anilines is 1. The number of carbonyl (C=O) groups excluding carboxylic acids is 3. The maximum atomic E-state index is 13.6. The van der Waals surface area contributed by atoms with Crippen molar-refractivity contribution >= 4 is 23.6 Å². The number of fused-ring (bicyclic) bond motifs is 1. The van der Waals surface area contributed by atoms with E-state index in [1.54, 1.807) is 4.90 Å². The highest BCUT2D eigenvalue weighted by Gasteiger charge is 2.31. The summed E-state index contributed by atoms with van der Waals surface area (Å²) >= 11 is 0. The van der Waals surface area contributed by atoms with Gasteiger partial charge in [-0.2, -0.15) is 0 Å². The van der Waals surface area contributed by atoms with Crippen LogP contribution < -0.4 is 15.5 Å². The summed E-state index contributed by atoms with van der Waals surface area (Å²) in [6, 6.07) is 23.3. The molecule has 0 radical (unpaired) electrons. The van der Waals surface area contributed by atoms with Gasteiger partial charge in [0.25, 0.3) is 0 Å². The predicted octanol–water partition coefficient (Wildman–Crippen LogP) is 4.97. The van der Waals surface area contributed by atoms with Gasteiger partial charge in [0, 0.05) is 19.2 Å². The number of nitrogens with zero attached hydrogens (tertiary/aromatic N) is 1. The second-order valence-corrected chi connectivity index (χ2v) is 9.14. The number of carbonyl (C=O) groups is 3. The first kappa shape index (κ1) is 25.9. The SMILES string of the molecule is CCCC(=O)N[C@@H]1CCc2ccccc2N(Cc2ccc(-c3ccccc3COC(=O)NC)cc2)C1=O. The number of hydrogen-bond acceptors (Lipinski definition) is 4. The number of nitrogens with one attached hydrogen (secondary N) is 2. The van der Waals surface area contributed by atoms with Gasteiger partial charge in [-0.1, -0.05) is 73.7 Å². The maximum Gasteiger partial charge on any atom is 0.407 e. The van der Waals surface area contributed by atoms with E-state index in [0.717, 1.165) is 46.3 Å². The summed E-state index contributed by atoms with van der Waals surface area (Å²) in [4.78, 5) is 39.2. The van der Waals surface area contributed by atoms with Crippen LogP contribution in [0.4, 0.5) is 10.5 Å². The Morgan fingerprint density at radius 3 is 2.49 bits per heavy atom. The molecule has 3 aromatic rings. The Hall–Kier alpha value is -4.13. The highest BCUT2D eigenvalue weighted by Crippen LogP contribution is 2.30. The molecule has 3 amide bonds. The average molecular weight is 500 g/mol. The molecule has 0 saturated heterocycles. The van der Waals surface area contributed by atoms with E-state index in [1.807, 2.05) is 79.7 Å². The van der Waals surface area contributed by atoms with Gasteiger partial charge in [-0.3, -0.25) is 9.59 Å². The molecule has 37 heavy (non-hydrogen) atoms. The van der Waals surface area contributed by atoms with E-state index in [4.69, 9.17) is 4.74 Å². The summed E-state index contributed by atoms with van der Waals surface area (Å²) in [5.41, 5.74) is 5.85. The molecule has 0 aliphatic carbocycles. The zero-order chi connectivity index (χ0) is 26.2. The summed E-state index contributed by atoms with van der Waals surface area (Å²) in [5, 5.41) is 5.41.